The predicted molar refractivity (Wildman–Crippen MR) is 63.6 cm³/mol. The second-order valence-corrected chi connectivity index (χ2v) is 6.24. The molecule has 1 saturated heterocycles. The Morgan fingerprint density at radius 1 is 1.33 bits per heavy atom. The van der Waals surface area contributed by atoms with E-state index in [1.54, 1.807) is 0 Å². The molecule has 1 heterocycles. The van der Waals surface area contributed by atoms with Crippen molar-refractivity contribution in [3.8, 4) is 0 Å². The van der Waals surface area contributed by atoms with E-state index in [2.05, 4.69) is 39.5 Å². The minimum Gasteiger partial charge on any atom is -0.337 e. The lowest BCUT2D eigenvalue weighted by atomic mass is 9.69. The molecule has 1 rings (SSSR count). The van der Waals surface area contributed by atoms with Crippen molar-refractivity contribution in [2.45, 2.75) is 59.9 Å². The fraction of sp³-hybridized carbons (Fsp3) is 0.923. The average Bonchev–Trinajstić information content (AvgIpc) is 2.10. The summed E-state index contributed by atoms with van der Waals surface area (Å²) in [5.74, 6) is 0.966. The first-order valence-electron chi connectivity index (χ1n) is 6.01. The van der Waals surface area contributed by atoms with E-state index in [1.807, 2.05) is 6.92 Å². The summed E-state index contributed by atoms with van der Waals surface area (Å²) in [5.41, 5.74) is 0.280. The number of piperidine rings is 1. The lowest BCUT2D eigenvalue weighted by molar-refractivity contribution is -0.144. The lowest BCUT2D eigenvalue weighted by Crippen LogP contribution is -2.58. The first-order valence-corrected chi connectivity index (χ1v) is 6.01. The zero-order valence-electron chi connectivity index (χ0n) is 11.1. The molecule has 88 valence electrons. The summed E-state index contributed by atoms with van der Waals surface area (Å²) in [5, 5.41) is 0. The van der Waals surface area contributed by atoms with Crippen molar-refractivity contribution in [3.05, 3.63) is 0 Å². The maximum Gasteiger partial charge on any atom is 0.222 e. The van der Waals surface area contributed by atoms with Crippen LogP contribution in [0.3, 0.4) is 0 Å². The van der Waals surface area contributed by atoms with Crippen molar-refractivity contribution in [1.29, 1.82) is 0 Å². The molecule has 0 aromatic carbocycles. The molecule has 0 saturated carbocycles. The van der Waals surface area contributed by atoms with E-state index in [-0.39, 0.29) is 11.0 Å². The molecule has 1 unspecified atom stereocenters. The molecule has 2 heteroatoms. The van der Waals surface area contributed by atoms with Gasteiger partial charge in [0, 0.05) is 18.5 Å². The Hall–Kier alpha value is -0.530. The predicted octanol–water partition coefficient (Wildman–Crippen LogP) is 3.07. The first kappa shape index (κ1) is 12.5. The quantitative estimate of drug-likeness (QED) is 0.652. The van der Waals surface area contributed by atoms with Crippen LogP contribution in [0, 0.1) is 11.3 Å². The Balaban J connectivity index is 2.91. The Labute approximate surface area is 94.0 Å². The largest absolute Gasteiger partial charge is 0.337 e. The van der Waals surface area contributed by atoms with Crippen molar-refractivity contribution < 1.29 is 4.79 Å². The highest BCUT2D eigenvalue weighted by molar-refractivity contribution is 5.76. The van der Waals surface area contributed by atoms with Gasteiger partial charge in [-0.2, -0.15) is 0 Å². The number of likely N-dealkylation sites (tertiary alicyclic amines) is 1. The second-order valence-electron chi connectivity index (χ2n) is 6.24. The van der Waals surface area contributed by atoms with Gasteiger partial charge in [0.25, 0.3) is 0 Å². The number of nitrogens with zero attached hydrogens (tertiary/aromatic N) is 1. The van der Waals surface area contributed by atoms with Crippen LogP contribution in [0.25, 0.3) is 0 Å². The Kier molecular flexibility index (Phi) is 3.18. The van der Waals surface area contributed by atoms with Crippen LogP contribution in [0.15, 0.2) is 0 Å². The van der Waals surface area contributed by atoms with Crippen LogP contribution in [-0.2, 0) is 4.79 Å². The van der Waals surface area contributed by atoms with Crippen LogP contribution in [-0.4, -0.2) is 22.9 Å². The third kappa shape index (κ3) is 2.35. The number of rotatable bonds is 1. The highest BCUT2D eigenvalue weighted by Crippen LogP contribution is 2.42. The summed E-state index contributed by atoms with van der Waals surface area (Å²) in [6.07, 6.45) is 1.72. The molecule has 1 amide bonds. The number of carbonyl (C=O) groups excluding carboxylic acids is 1. The summed E-state index contributed by atoms with van der Waals surface area (Å²) in [7, 11) is 0. The van der Waals surface area contributed by atoms with Gasteiger partial charge in [-0.1, -0.05) is 27.7 Å². The van der Waals surface area contributed by atoms with E-state index >= 15 is 0 Å². The zero-order valence-corrected chi connectivity index (χ0v) is 11.1. The Morgan fingerprint density at radius 3 is 2.33 bits per heavy atom. The van der Waals surface area contributed by atoms with Gasteiger partial charge >= 0.3 is 0 Å². The van der Waals surface area contributed by atoms with E-state index in [0.29, 0.717) is 18.2 Å². The fourth-order valence-electron chi connectivity index (χ4n) is 2.53. The van der Waals surface area contributed by atoms with Crippen molar-refractivity contribution >= 4 is 5.91 Å². The van der Waals surface area contributed by atoms with Crippen LogP contribution in [0.5, 0.6) is 0 Å². The molecule has 1 aliphatic rings. The number of hydrogen-bond donors (Lipinski definition) is 0. The van der Waals surface area contributed by atoms with Gasteiger partial charge < -0.3 is 4.90 Å². The lowest BCUT2D eigenvalue weighted by Gasteiger charge is -2.52. The molecule has 15 heavy (non-hydrogen) atoms. The molecule has 0 aliphatic carbocycles. The standard InChI is InChI=1S/C13H25NO/c1-7-11(15)14-9-12(3,4)10(2)8-13(14,5)6/h10H,7-9H2,1-6H3. The van der Waals surface area contributed by atoms with E-state index in [1.165, 1.54) is 0 Å². The fourth-order valence-corrected chi connectivity index (χ4v) is 2.53. The summed E-state index contributed by atoms with van der Waals surface area (Å²) in [4.78, 5) is 14.0. The van der Waals surface area contributed by atoms with Gasteiger partial charge in [-0.25, -0.2) is 0 Å². The van der Waals surface area contributed by atoms with Crippen LogP contribution >= 0.6 is 0 Å². The highest BCUT2D eigenvalue weighted by atomic mass is 16.2. The number of hydrogen-bond acceptors (Lipinski definition) is 1. The van der Waals surface area contributed by atoms with Crippen molar-refractivity contribution in [3.63, 3.8) is 0 Å². The van der Waals surface area contributed by atoms with Gasteiger partial charge in [0.05, 0.1) is 0 Å². The van der Waals surface area contributed by atoms with E-state index < -0.39 is 0 Å². The minimum atomic E-state index is 0.0298. The molecule has 0 radical (unpaired) electrons. The molecule has 1 atom stereocenters. The van der Waals surface area contributed by atoms with Gasteiger partial charge in [0.1, 0.15) is 0 Å². The van der Waals surface area contributed by atoms with Gasteiger partial charge in [-0.15, -0.1) is 0 Å². The second kappa shape index (κ2) is 3.80. The molecule has 1 aliphatic heterocycles. The molecule has 0 aromatic heterocycles. The minimum absolute atomic E-state index is 0.0298. The van der Waals surface area contributed by atoms with Crippen LogP contribution in [0.2, 0.25) is 0 Å². The molecular weight excluding hydrogens is 186 g/mol. The van der Waals surface area contributed by atoms with Crippen LogP contribution in [0.1, 0.15) is 54.4 Å². The SMILES string of the molecule is CCC(=O)N1CC(C)(C)C(C)CC1(C)C. The van der Waals surface area contributed by atoms with Crippen LogP contribution < -0.4 is 0 Å². The molecule has 0 bridgehead atoms. The highest BCUT2D eigenvalue weighted by Gasteiger charge is 2.43. The van der Waals surface area contributed by atoms with Crippen molar-refractivity contribution in [2.24, 2.45) is 11.3 Å². The van der Waals surface area contributed by atoms with E-state index in [4.69, 9.17) is 0 Å². The van der Waals surface area contributed by atoms with Crippen molar-refractivity contribution in [1.82, 2.24) is 4.90 Å². The van der Waals surface area contributed by atoms with Gasteiger partial charge in [-0.3, -0.25) is 4.79 Å². The van der Waals surface area contributed by atoms with E-state index in [9.17, 15) is 4.79 Å². The summed E-state index contributed by atoms with van der Waals surface area (Å²) >= 11 is 0. The first-order chi connectivity index (χ1) is 6.70. The maximum atomic E-state index is 11.9. The Morgan fingerprint density at radius 2 is 1.87 bits per heavy atom. The summed E-state index contributed by atoms with van der Waals surface area (Å²) < 4.78 is 0. The van der Waals surface area contributed by atoms with E-state index in [0.717, 1.165) is 13.0 Å². The third-order valence-corrected chi connectivity index (χ3v) is 4.04. The maximum absolute atomic E-state index is 11.9. The molecule has 1 fully saturated rings. The smallest absolute Gasteiger partial charge is 0.222 e. The Bertz CT molecular complexity index is 255. The van der Waals surface area contributed by atoms with Crippen molar-refractivity contribution in [2.75, 3.05) is 6.54 Å². The molecule has 2 nitrogen and oxygen atoms in total. The monoisotopic (exact) mass is 211 g/mol. The van der Waals surface area contributed by atoms with Gasteiger partial charge in [0.15, 0.2) is 0 Å². The molecule has 0 N–H and O–H groups in total. The topological polar surface area (TPSA) is 20.3 Å². The average molecular weight is 211 g/mol. The van der Waals surface area contributed by atoms with Gasteiger partial charge in [-0.05, 0) is 31.6 Å². The molecule has 0 spiro atoms. The summed E-state index contributed by atoms with van der Waals surface area (Å²) in [6.45, 7) is 14.1. The third-order valence-electron chi connectivity index (χ3n) is 4.04. The normalized spacial score (nSPS) is 28.9. The van der Waals surface area contributed by atoms with Gasteiger partial charge in [0.2, 0.25) is 5.91 Å². The van der Waals surface area contributed by atoms with Crippen LogP contribution in [0.4, 0.5) is 0 Å². The number of carbonyl (C=O) groups is 1. The molecular formula is C13H25NO. The molecule has 0 aromatic rings. The number of amides is 1. The summed E-state index contributed by atoms with van der Waals surface area (Å²) in [6, 6.07) is 0. The zero-order chi connectivity index (χ0) is 11.9.